The van der Waals surface area contributed by atoms with Crippen molar-refractivity contribution in [1.82, 2.24) is 10.2 Å². The molecule has 0 bridgehead atoms. The van der Waals surface area contributed by atoms with Gasteiger partial charge in [-0.3, -0.25) is 0 Å². The van der Waals surface area contributed by atoms with Crippen LogP contribution < -0.4 is 5.32 Å². The van der Waals surface area contributed by atoms with E-state index in [-0.39, 0.29) is 0 Å². The molecule has 0 radical (unpaired) electrons. The number of likely N-dealkylation sites (tertiary alicyclic amines) is 1. The van der Waals surface area contributed by atoms with E-state index < -0.39 is 0 Å². The van der Waals surface area contributed by atoms with Gasteiger partial charge in [0.05, 0.1) is 0 Å². The molecule has 1 fully saturated rings. The van der Waals surface area contributed by atoms with Crippen molar-refractivity contribution in [3.8, 4) is 0 Å². The molecular weight excluding hydrogens is 244 g/mol. The van der Waals surface area contributed by atoms with E-state index in [2.05, 4.69) is 29.3 Å². The van der Waals surface area contributed by atoms with Crippen LogP contribution in [0.4, 0.5) is 0 Å². The van der Waals surface area contributed by atoms with E-state index in [9.17, 15) is 0 Å². The summed E-state index contributed by atoms with van der Waals surface area (Å²) in [4.78, 5) is 2.57. The Hall–Kier alpha value is -0.570. The van der Waals surface area contributed by atoms with Crippen LogP contribution in [0.5, 0.6) is 0 Å². The number of nitrogens with one attached hydrogen (secondary N) is 1. The fourth-order valence-electron chi connectivity index (χ4n) is 2.71. The van der Waals surface area contributed by atoms with E-state index in [4.69, 9.17) is 11.6 Å². The fourth-order valence-corrected chi connectivity index (χ4v) is 2.84. The zero-order valence-corrected chi connectivity index (χ0v) is 12.1. The lowest BCUT2D eigenvalue weighted by Gasteiger charge is -2.21. The van der Waals surface area contributed by atoms with Crippen LogP contribution >= 0.6 is 11.6 Å². The number of rotatable bonds is 5. The molecule has 1 saturated heterocycles. The molecule has 18 heavy (non-hydrogen) atoms. The minimum atomic E-state index is 0.429. The third kappa shape index (κ3) is 3.71. The van der Waals surface area contributed by atoms with E-state index in [1.807, 2.05) is 19.2 Å². The Morgan fingerprint density at radius 1 is 1.39 bits per heavy atom. The Bertz CT molecular complexity index is 363. The molecule has 100 valence electrons. The Morgan fingerprint density at radius 3 is 2.67 bits per heavy atom. The molecule has 1 aliphatic heterocycles. The highest BCUT2D eigenvalue weighted by molar-refractivity contribution is 6.30. The second kappa shape index (κ2) is 6.55. The fraction of sp³-hybridized carbons (Fsp3) is 0.600. The van der Waals surface area contributed by atoms with Crippen molar-refractivity contribution < 1.29 is 0 Å². The van der Waals surface area contributed by atoms with E-state index in [1.54, 1.807) is 0 Å². The van der Waals surface area contributed by atoms with Crippen LogP contribution in [0.25, 0.3) is 0 Å². The number of nitrogens with zero attached hydrogens (tertiary/aromatic N) is 1. The zero-order chi connectivity index (χ0) is 13.0. The molecule has 0 saturated carbocycles. The summed E-state index contributed by atoms with van der Waals surface area (Å²) < 4.78 is 0. The molecule has 1 heterocycles. The molecular formula is C15H23ClN2. The third-order valence-electron chi connectivity index (χ3n) is 3.86. The zero-order valence-electron chi connectivity index (χ0n) is 11.3. The average molecular weight is 267 g/mol. The van der Waals surface area contributed by atoms with E-state index in [0.717, 1.165) is 17.4 Å². The van der Waals surface area contributed by atoms with Gasteiger partial charge in [-0.1, -0.05) is 30.7 Å². The van der Waals surface area contributed by atoms with Crippen LogP contribution in [-0.2, 0) is 0 Å². The van der Waals surface area contributed by atoms with E-state index >= 15 is 0 Å². The van der Waals surface area contributed by atoms with Crippen molar-refractivity contribution in [2.45, 2.75) is 25.8 Å². The van der Waals surface area contributed by atoms with Crippen molar-refractivity contribution in [3.63, 3.8) is 0 Å². The first-order chi connectivity index (χ1) is 8.69. The van der Waals surface area contributed by atoms with Gasteiger partial charge in [0.15, 0.2) is 0 Å². The van der Waals surface area contributed by atoms with Gasteiger partial charge in [-0.05, 0) is 56.6 Å². The maximum atomic E-state index is 5.93. The van der Waals surface area contributed by atoms with Crippen molar-refractivity contribution in [1.29, 1.82) is 0 Å². The van der Waals surface area contributed by atoms with E-state index in [0.29, 0.717) is 6.04 Å². The summed E-state index contributed by atoms with van der Waals surface area (Å²) in [7, 11) is 2.03. The molecule has 2 atom stereocenters. The lowest BCUT2D eigenvalue weighted by atomic mass is 10.0. The first-order valence-electron chi connectivity index (χ1n) is 6.84. The number of benzene rings is 1. The van der Waals surface area contributed by atoms with Crippen LogP contribution in [0.15, 0.2) is 24.3 Å². The summed E-state index contributed by atoms with van der Waals surface area (Å²) in [5.41, 5.74) is 1.33. The monoisotopic (exact) mass is 266 g/mol. The van der Waals surface area contributed by atoms with Gasteiger partial charge >= 0.3 is 0 Å². The maximum absolute atomic E-state index is 5.93. The van der Waals surface area contributed by atoms with Gasteiger partial charge < -0.3 is 10.2 Å². The highest BCUT2D eigenvalue weighted by atomic mass is 35.5. The van der Waals surface area contributed by atoms with Crippen LogP contribution in [0.1, 0.15) is 31.4 Å². The van der Waals surface area contributed by atoms with Gasteiger partial charge in [0.1, 0.15) is 0 Å². The lowest BCUT2D eigenvalue weighted by molar-refractivity contribution is 0.305. The molecule has 0 spiro atoms. The van der Waals surface area contributed by atoms with Gasteiger partial charge in [0.2, 0.25) is 0 Å². The van der Waals surface area contributed by atoms with Crippen LogP contribution in [0.3, 0.4) is 0 Å². The second-order valence-electron chi connectivity index (χ2n) is 5.38. The van der Waals surface area contributed by atoms with Gasteiger partial charge in [0.25, 0.3) is 0 Å². The number of halogens is 1. The molecule has 0 amide bonds. The Labute approximate surface area is 115 Å². The standard InChI is InChI=1S/C15H23ClN2/c1-12-7-9-18(11-12)10-8-15(17-2)13-3-5-14(16)6-4-13/h3-6,12,15,17H,7-11H2,1-2H3. The van der Waals surface area contributed by atoms with Gasteiger partial charge in [-0.25, -0.2) is 0 Å². The quantitative estimate of drug-likeness (QED) is 0.880. The first kappa shape index (κ1) is 13.9. The topological polar surface area (TPSA) is 15.3 Å². The largest absolute Gasteiger partial charge is 0.313 e. The maximum Gasteiger partial charge on any atom is 0.0406 e. The number of hydrogen-bond acceptors (Lipinski definition) is 2. The SMILES string of the molecule is CNC(CCN1CCC(C)C1)c1ccc(Cl)cc1. The second-order valence-corrected chi connectivity index (χ2v) is 5.81. The third-order valence-corrected chi connectivity index (χ3v) is 4.11. The molecule has 1 aromatic rings. The molecule has 1 aliphatic rings. The predicted molar refractivity (Wildman–Crippen MR) is 78.1 cm³/mol. The Kier molecular flexibility index (Phi) is 5.04. The molecule has 2 unspecified atom stereocenters. The molecule has 1 aromatic carbocycles. The van der Waals surface area contributed by atoms with E-state index in [1.165, 1.54) is 31.6 Å². The van der Waals surface area contributed by atoms with Gasteiger partial charge in [0, 0.05) is 17.6 Å². The summed E-state index contributed by atoms with van der Waals surface area (Å²) in [5.74, 6) is 0.869. The molecule has 2 nitrogen and oxygen atoms in total. The average Bonchev–Trinajstić information content (AvgIpc) is 2.78. The minimum absolute atomic E-state index is 0.429. The molecule has 2 rings (SSSR count). The molecule has 0 aromatic heterocycles. The Balaban J connectivity index is 1.87. The smallest absolute Gasteiger partial charge is 0.0406 e. The predicted octanol–water partition coefficient (Wildman–Crippen LogP) is 3.33. The highest BCUT2D eigenvalue weighted by Crippen LogP contribution is 2.21. The highest BCUT2D eigenvalue weighted by Gasteiger charge is 2.19. The summed E-state index contributed by atoms with van der Waals surface area (Å²) in [6.07, 6.45) is 2.51. The molecule has 0 aliphatic carbocycles. The normalized spacial score (nSPS) is 22.3. The minimum Gasteiger partial charge on any atom is -0.313 e. The summed E-state index contributed by atoms with van der Waals surface area (Å²) in [6.45, 7) is 6.04. The van der Waals surface area contributed by atoms with Crippen LogP contribution in [0.2, 0.25) is 5.02 Å². The van der Waals surface area contributed by atoms with Crippen molar-refractivity contribution >= 4 is 11.6 Å². The molecule has 1 N–H and O–H groups in total. The van der Waals surface area contributed by atoms with Crippen molar-refractivity contribution in [3.05, 3.63) is 34.9 Å². The van der Waals surface area contributed by atoms with Crippen LogP contribution in [-0.4, -0.2) is 31.6 Å². The van der Waals surface area contributed by atoms with Gasteiger partial charge in [-0.2, -0.15) is 0 Å². The summed E-state index contributed by atoms with van der Waals surface area (Å²) >= 11 is 5.93. The van der Waals surface area contributed by atoms with Gasteiger partial charge in [-0.15, -0.1) is 0 Å². The van der Waals surface area contributed by atoms with Crippen molar-refractivity contribution in [2.75, 3.05) is 26.7 Å². The summed E-state index contributed by atoms with van der Waals surface area (Å²) in [6, 6.07) is 8.61. The van der Waals surface area contributed by atoms with Crippen molar-refractivity contribution in [2.24, 2.45) is 5.92 Å². The lowest BCUT2D eigenvalue weighted by Crippen LogP contribution is -2.26. The Morgan fingerprint density at radius 2 is 2.11 bits per heavy atom. The number of hydrogen-bond donors (Lipinski definition) is 1. The first-order valence-corrected chi connectivity index (χ1v) is 7.22. The molecule has 3 heteroatoms. The summed E-state index contributed by atoms with van der Waals surface area (Å²) in [5, 5.41) is 4.21. The van der Waals surface area contributed by atoms with Crippen LogP contribution in [0, 0.1) is 5.92 Å².